The molecule has 0 radical (unpaired) electrons. The number of halogens is 2. The average Bonchev–Trinajstić information content (AvgIpc) is 2.33. The average molecular weight is 348 g/mol. The summed E-state index contributed by atoms with van der Waals surface area (Å²) in [7, 11) is 0. The predicted molar refractivity (Wildman–Crippen MR) is 85.0 cm³/mol. The first kappa shape index (κ1) is 16.5. The number of carbonyl (C=O) groups is 1. The summed E-state index contributed by atoms with van der Waals surface area (Å²) in [6.07, 6.45) is 3.16. The minimum atomic E-state index is -0.433. The van der Waals surface area contributed by atoms with Gasteiger partial charge in [-0.2, -0.15) is 0 Å². The summed E-state index contributed by atoms with van der Waals surface area (Å²) in [5.74, 6) is 0.0626. The largest absolute Gasteiger partial charge is 0.324 e. The number of hydrogen-bond donors (Lipinski definition) is 2. The van der Waals surface area contributed by atoms with Crippen molar-refractivity contribution in [1.82, 2.24) is 5.32 Å². The van der Waals surface area contributed by atoms with Gasteiger partial charge in [-0.3, -0.25) is 4.79 Å². The van der Waals surface area contributed by atoms with Gasteiger partial charge in [0.15, 0.2) is 0 Å². The standard InChI is InChI=1S/C14H19BrN2O.ClH/c1-10-9-11(15)5-6-12(10)17-13(18)14(2)7-3-4-8-16-14;/h5-6,9,16H,3-4,7-8H2,1-2H3,(H,17,18);1H. The molecule has 1 saturated heterocycles. The predicted octanol–water partition coefficient (Wildman–Crippen LogP) is 3.65. The van der Waals surface area contributed by atoms with E-state index in [1.54, 1.807) is 0 Å². The lowest BCUT2D eigenvalue weighted by Gasteiger charge is -2.33. The Morgan fingerprint density at radius 2 is 2.16 bits per heavy atom. The molecule has 5 heteroatoms. The molecule has 0 aromatic heterocycles. The zero-order valence-electron chi connectivity index (χ0n) is 11.3. The monoisotopic (exact) mass is 346 g/mol. The van der Waals surface area contributed by atoms with E-state index in [9.17, 15) is 4.79 Å². The molecule has 19 heavy (non-hydrogen) atoms. The molecule has 1 aromatic carbocycles. The molecular formula is C14H20BrClN2O. The van der Waals surface area contributed by atoms with E-state index in [1.165, 1.54) is 0 Å². The van der Waals surface area contributed by atoms with Crippen molar-refractivity contribution in [2.45, 2.75) is 38.6 Å². The van der Waals surface area contributed by atoms with Gasteiger partial charge in [0.05, 0.1) is 5.54 Å². The van der Waals surface area contributed by atoms with Gasteiger partial charge in [0, 0.05) is 10.2 Å². The molecule has 1 fully saturated rings. The maximum Gasteiger partial charge on any atom is 0.244 e. The first-order valence-corrected chi connectivity index (χ1v) is 7.13. The third-order valence-corrected chi connectivity index (χ3v) is 4.05. The van der Waals surface area contributed by atoms with E-state index in [1.807, 2.05) is 32.0 Å². The lowest BCUT2D eigenvalue weighted by molar-refractivity contribution is -0.122. The summed E-state index contributed by atoms with van der Waals surface area (Å²) >= 11 is 3.42. The number of carbonyl (C=O) groups excluding carboxylic acids is 1. The minimum absolute atomic E-state index is 0. The number of hydrogen-bond acceptors (Lipinski definition) is 2. The molecule has 2 rings (SSSR count). The van der Waals surface area contributed by atoms with E-state index in [-0.39, 0.29) is 18.3 Å². The van der Waals surface area contributed by atoms with Gasteiger partial charge in [-0.1, -0.05) is 15.9 Å². The molecular weight excluding hydrogens is 328 g/mol. The fourth-order valence-corrected chi connectivity index (χ4v) is 2.75. The molecule has 1 aliphatic heterocycles. The fourth-order valence-electron chi connectivity index (χ4n) is 2.28. The summed E-state index contributed by atoms with van der Waals surface area (Å²) in [5, 5.41) is 6.35. The molecule has 3 nitrogen and oxygen atoms in total. The second-order valence-electron chi connectivity index (χ2n) is 5.13. The quantitative estimate of drug-likeness (QED) is 0.857. The van der Waals surface area contributed by atoms with Gasteiger partial charge in [-0.25, -0.2) is 0 Å². The van der Waals surface area contributed by atoms with Crippen LogP contribution in [0.2, 0.25) is 0 Å². The fraction of sp³-hybridized carbons (Fsp3) is 0.500. The first-order valence-electron chi connectivity index (χ1n) is 6.34. The number of amides is 1. The van der Waals surface area contributed by atoms with Crippen LogP contribution in [0.3, 0.4) is 0 Å². The highest BCUT2D eigenvalue weighted by atomic mass is 79.9. The summed E-state index contributed by atoms with van der Waals surface area (Å²) in [6, 6.07) is 5.88. The van der Waals surface area contributed by atoms with E-state index in [2.05, 4.69) is 26.6 Å². The van der Waals surface area contributed by atoms with Crippen molar-refractivity contribution in [3.63, 3.8) is 0 Å². The maximum absolute atomic E-state index is 12.3. The van der Waals surface area contributed by atoms with Crippen molar-refractivity contribution in [3.8, 4) is 0 Å². The molecule has 0 saturated carbocycles. The van der Waals surface area contributed by atoms with Crippen molar-refractivity contribution < 1.29 is 4.79 Å². The smallest absolute Gasteiger partial charge is 0.244 e. The Balaban J connectivity index is 0.00000180. The summed E-state index contributed by atoms with van der Waals surface area (Å²) in [6.45, 7) is 4.90. The SMILES string of the molecule is Cc1cc(Br)ccc1NC(=O)C1(C)CCCCN1.Cl. The first-order chi connectivity index (χ1) is 8.51. The topological polar surface area (TPSA) is 41.1 Å². The van der Waals surface area contributed by atoms with Crippen LogP contribution in [0.1, 0.15) is 31.7 Å². The third-order valence-electron chi connectivity index (χ3n) is 3.56. The van der Waals surface area contributed by atoms with Crippen LogP contribution in [0.4, 0.5) is 5.69 Å². The summed E-state index contributed by atoms with van der Waals surface area (Å²) < 4.78 is 1.03. The number of aryl methyl sites for hydroxylation is 1. The zero-order chi connectivity index (χ0) is 13.2. The highest BCUT2D eigenvalue weighted by Crippen LogP contribution is 2.24. The van der Waals surface area contributed by atoms with Crippen LogP contribution in [0, 0.1) is 6.92 Å². The molecule has 1 aromatic rings. The molecule has 0 bridgehead atoms. The Labute approximate surface area is 129 Å². The van der Waals surface area contributed by atoms with Gasteiger partial charge in [0.25, 0.3) is 0 Å². The normalized spacial score (nSPS) is 22.5. The van der Waals surface area contributed by atoms with E-state index >= 15 is 0 Å². The Hall–Kier alpha value is -0.580. The van der Waals surface area contributed by atoms with Gasteiger partial charge in [0.1, 0.15) is 0 Å². The highest BCUT2D eigenvalue weighted by molar-refractivity contribution is 9.10. The summed E-state index contributed by atoms with van der Waals surface area (Å²) in [5.41, 5.74) is 1.52. The van der Waals surface area contributed by atoms with E-state index in [0.717, 1.165) is 41.5 Å². The lowest BCUT2D eigenvalue weighted by atomic mass is 9.90. The van der Waals surface area contributed by atoms with Gasteiger partial charge >= 0.3 is 0 Å². The van der Waals surface area contributed by atoms with Crippen molar-refractivity contribution in [1.29, 1.82) is 0 Å². The Morgan fingerprint density at radius 3 is 2.74 bits per heavy atom. The molecule has 0 spiro atoms. The van der Waals surface area contributed by atoms with Crippen LogP contribution >= 0.6 is 28.3 Å². The van der Waals surface area contributed by atoms with Gasteiger partial charge < -0.3 is 10.6 Å². The highest BCUT2D eigenvalue weighted by Gasteiger charge is 2.34. The molecule has 106 valence electrons. The molecule has 1 atom stereocenters. The van der Waals surface area contributed by atoms with Crippen LogP contribution in [0.5, 0.6) is 0 Å². The minimum Gasteiger partial charge on any atom is -0.324 e. The van der Waals surface area contributed by atoms with Crippen LogP contribution in [0.25, 0.3) is 0 Å². The second kappa shape index (κ2) is 6.73. The number of anilines is 1. The van der Waals surface area contributed by atoms with Crippen LogP contribution in [-0.2, 0) is 4.79 Å². The van der Waals surface area contributed by atoms with Gasteiger partial charge in [0.2, 0.25) is 5.91 Å². The Morgan fingerprint density at radius 1 is 1.42 bits per heavy atom. The summed E-state index contributed by atoms with van der Waals surface area (Å²) in [4.78, 5) is 12.3. The Kier molecular flexibility index (Phi) is 5.83. The van der Waals surface area contributed by atoms with Crippen molar-refractivity contribution in [3.05, 3.63) is 28.2 Å². The van der Waals surface area contributed by atoms with Crippen LogP contribution in [-0.4, -0.2) is 18.0 Å². The van der Waals surface area contributed by atoms with E-state index in [4.69, 9.17) is 0 Å². The zero-order valence-corrected chi connectivity index (χ0v) is 13.7. The van der Waals surface area contributed by atoms with Crippen molar-refractivity contribution in [2.75, 3.05) is 11.9 Å². The molecule has 0 aliphatic carbocycles. The number of rotatable bonds is 2. The molecule has 1 amide bonds. The number of benzene rings is 1. The Bertz CT molecular complexity index is 459. The van der Waals surface area contributed by atoms with Gasteiger partial charge in [-0.05, 0) is 63.4 Å². The lowest BCUT2D eigenvalue weighted by Crippen LogP contribution is -2.54. The van der Waals surface area contributed by atoms with Crippen LogP contribution in [0.15, 0.2) is 22.7 Å². The third kappa shape index (κ3) is 3.94. The number of piperidine rings is 1. The molecule has 1 aliphatic rings. The molecule has 1 heterocycles. The van der Waals surface area contributed by atoms with E-state index < -0.39 is 5.54 Å². The van der Waals surface area contributed by atoms with Crippen LogP contribution < -0.4 is 10.6 Å². The maximum atomic E-state index is 12.3. The molecule has 1 unspecified atom stereocenters. The van der Waals surface area contributed by atoms with Crippen molar-refractivity contribution >= 4 is 39.9 Å². The number of nitrogens with one attached hydrogen (secondary N) is 2. The van der Waals surface area contributed by atoms with Gasteiger partial charge in [-0.15, -0.1) is 12.4 Å². The molecule has 2 N–H and O–H groups in total. The second-order valence-corrected chi connectivity index (χ2v) is 6.05. The van der Waals surface area contributed by atoms with E-state index in [0.29, 0.717) is 0 Å². The van der Waals surface area contributed by atoms with Crippen molar-refractivity contribution in [2.24, 2.45) is 0 Å².